The fourth-order valence-electron chi connectivity index (χ4n) is 2.40. The summed E-state index contributed by atoms with van der Waals surface area (Å²) in [5.41, 5.74) is 9.53. The van der Waals surface area contributed by atoms with Crippen molar-refractivity contribution in [3.63, 3.8) is 0 Å². The van der Waals surface area contributed by atoms with E-state index >= 15 is 0 Å². The molecule has 20 heavy (non-hydrogen) atoms. The lowest BCUT2D eigenvalue weighted by Gasteiger charge is -2.17. The highest BCUT2D eigenvalue weighted by Gasteiger charge is 2.22. The molecule has 0 saturated carbocycles. The number of carbonyl (C=O) groups is 1. The summed E-state index contributed by atoms with van der Waals surface area (Å²) in [5.74, 6) is -0.0282. The van der Waals surface area contributed by atoms with Crippen LogP contribution in [0.1, 0.15) is 22.7 Å². The molecule has 1 aliphatic heterocycles. The number of nitrogens with one attached hydrogen (secondary N) is 1. The Balaban J connectivity index is 2.05. The Hall–Kier alpha value is -1.55. The van der Waals surface area contributed by atoms with Gasteiger partial charge in [-0.05, 0) is 34.9 Å². The van der Waals surface area contributed by atoms with Gasteiger partial charge < -0.3 is 11.1 Å². The molecule has 0 fully saturated rings. The predicted molar refractivity (Wildman–Crippen MR) is 81.3 cm³/mol. The number of halogens is 2. The van der Waals surface area contributed by atoms with Crippen molar-refractivity contribution in [2.24, 2.45) is 5.73 Å². The Morgan fingerprint density at radius 2 is 1.85 bits per heavy atom. The first-order valence-corrected chi connectivity index (χ1v) is 6.94. The Morgan fingerprint density at radius 3 is 2.60 bits per heavy atom. The average Bonchev–Trinajstić information content (AvgIpc) is 2.76. The molecule has 1 aliphatic rings. The van der Waals surface area contributed by atoms with E-state index in [1.807, 2.05) is 24.3 Å². The first kappa shape index (κ1) is 13.4. The molecule has 1 atom stereocenters. The third-order valence-corrected chi connectivity index (χ3v) is 4.09. The Labute approximate surface area is 126 Å². The van der Waals surface area contributed by atoms with Gasteiger partial charge in [-0.1, -0.05) is 41.4 Å². The summed E-state index contributed by atoms with van der Waals surface area (Å²) in [6.07, 6.45) is 0.356. The summed E-state index contributed by atoms with van der Waals surface area (Å²) in [5, 5.41) is 3.89. The predicted octanol–water partition coefficient (Wildman–Crippen LogP) is 3.54. The SMILES string of the molecule is NC(c1ccccc1Cl)c1cc2c(cc1Cl)NC(=O)C2. The number of amides is 1. The lowest BCUT2D eigenvalue weighted by Crippen LogP contribution is -2.13. The number of hydrogen-bond acceptors (Lipinski definition) is 2. The van der Waals surface area contributed by atoms with E-state index < -0.39 is 6.04 Å². The third kappa shape index (κ3) is 2.29. The molecule has 1 amide bonds. The molecule has 0 aliphatic carbocycles. The van der Waals surface area contributed by atoms with E-state index in [0.29, 0.717) is 16.5 Å². The van der Waals surface area contributed by atoms with E-state index in [0.717, 1.165) is 22.4 Å². The molecule has 0 spiro atoms. The summed E-state index contributed by atoms with van der Waals surface area (Å²) in [6, 6.07) is 10.6. The zero-order valence-corrected chi connectivity index (χ0v) is 12.0. The van der Waals surface area contributed by atoms with Crippen LogP contribution in [-0.2, 0) is 11.2 Å². The van der Waals surface area contributed by atoms with Crippen LogP contribution in [0.15, 0.2) is 36.4 Å². The van der Waals surface area contributed by atoms with Crippen LogP contribution in [0.2, 0.25) is 10.0 Å². The van der Waals surface area contributed by atoms with Crippen LogP contribution >= 0.6 is 23.2 Å². The molecular weight excluding hydrogens is 295 g/mol. The van der Waals surface area contributed by atoms with Crippen molar-refractivity contribution in [2.75, 3.05) is 5.32 Å². The highest BCUT2D eigenvalue weighted by atomic mass is 35.5. The lowest BCUT2D eigenvalue weighted by molar-refractivity contribution is -0.115. The summed E-state index contributed by atoms with van der Waals surface area (Å²) < 4.78 is 0. The number of anilines is 1. The maximum absolute atomic E-state index is 11.4. The zero-order chi connectivity index (χ0) is 14.3. The van der Waals surface area contributed by atoms with Crippen LogP contribution in [0, 0.1) is 0 Å². The minimum Gasteiger partial charge on any atom is -0.325 e. The summed E-state index contributed by atoms with van der Waals surface area (Å²) in [7, 11) is 0. The van der Waals surface area contributed by atoms with E-state index in [2.05, 4.69) is 5.32 Å². The first-order valence-electron chi connectivity index (χ1n) is 6.18. The van der Waals surface area contributed by atoms with Gasteiger partial charge in [0, 0.05) is 15.7 Å². The number of carbonyl (C=O) groups excluding carboxylic acids is 1. The molecule has 3 rings (SSSR count). The van der Waals surface area contributed by atoms with Gasteiger partial charge in [0.25, 0.3) is 0 Å². The van der Waals surface area contributed by atoms with E-state index in [1.54, 1.807) is 12.1 Å². The highest BCUT2D eigenvalue weighted by molar-refractivity contribution is 6.32. The highest BCUT2D eigenvalue weighted by Crippen LogP contribution is 2.35. The second kappa shape index (κ2) is 5.09. The summed E-state index contributed by atoms with van der Waals surface area (Å²) >= 11 is 12.5. The van der Waals surface area contributed by atoms with Crippen LogP contribution in [0.5, 0.6) is 0 Å². The van der Waals surface area contributed by atoms with Gasteiger partial charge in [0.15, 0.2) is 0 Å². The largest absolute Gasteiger partial charge is 0.325 e. The van der Waals surface area contributed by atoms with Gasteiger partial charge in [-0.2, -0.15) is 0 Å². The van der Waals surface area contributed by atoms with Crippen LogP contribution in [0.4, 0.5) is 5.69 Å². The van der Waals surface area contributed by atoms with Crippen molar-refractivity contribution in [1.29, 1.82) is 0 Å². The normalized spacial score (nSPS) is 14.8. The van der Waals surface area contributed by atoms with E-state index in [9.17, 15) is 4.79 Å². The maximum atomic E-state index is 11.4. The number of rotatable bonds is 2. The Bertz CT molecular complexity index is 700. The van der Waals surface area contributed by atoms with Gasteiger partial charge in [0.1, 0.15) is 0 Å². The topological polar surface area (TPSA) is 55.1 Å². The lowest BCUT2D eigenvalue weighted by atomic mass is 9.97. The number of nitrogens with two attached hydrogens (primary N) is 1. The van der Waals surface area contributed by atoms with Gasteiger partial charge in [-0.3, -0.25) is 4.79 Å². The molecule has 3 N–H and O–H groups in total. The van der Waals surface area contributed by atoms with Crippen molar-refractivity contribution in [2.45, 2.75) is 12.5 Å². The van der Waals surface area contributed by atoms with Gasteiger partial charge in [0.05, 0.1) is 12.5 Å². The average molecular weight is 307 g/mol. The number of fused-ring (bicyclic) bond motifs is 1. The molecule has 0 radical (unpaired) electrons. The van der Waals surface area contributed by atoms with Crippen LogP contribution in [0.25, 0.3) is 0 Å². The molecular formula is C15H12Cl2N2O. The Morgan fingerprint density at radius 1 is 1.10 bits per heavy atom. The van der Waals surface area contributed by atoms with Crippen LogP contribution in [0.3, 0.4) is 0 Å². The van der Waals surface area contributed by atoms with Crippen LogP contribution in [-0.4, -0.2) is 5.91 Å². The molecule has 0 saturated heterocycles. The number of hydrogen-bond donors (Lipinski definition) is 2. The molecule has 1 unspecified atom stereocenters. The van der Waals surface area contributed by atoms with E-state index in [1.165, 1.54) is 0 Å². The van der Waals surface area contributed by atoms with Gasteiger partial charge in [-0.15, -0.1) is 0 Å². The maximum Gasteiger partial charge on any atom is 0.228 e. The van der Waals surface area contributed by atoms with Crippen molar-refractivity contribution in [3.8, 4) is 0 Å². The molecule has 0 aromatic heterocycles. The zero-order valence-electron chi connectivity index (χ0n) is 10.5. The van der Waals surface area contributed by atoms with Crippen LogP contribution < -0.4 is 11.1 Å². The molecule has 1 heterocycles. The molecule has 3 nitrogen and oxygen atoms in total. The summed E-state index contributed by atoms with van der Waals surface area (Å²) in [4.78, 5) is 11.4. The minimum absolute atomic E-state index is 0.0282. The van der Waals surface area contributed by atoms with Crippen molar-refractivity contribution in [1.82, 2.24) is 0 Å². The van der Waals surface area contributed by atoms with E-state index in [-0.39, 0.29) is 5.91 Å². The smallest absolute Gasteiger partial charge is 0.228 e. The first-order chi connectivity index (χ1) is 9.56. The van der Waals surface area contributed by atoms with Crippen molar-refractivity contribution < 1.29 is 4.79 Å². The molecule has 2 aromatic rings. The minimum atomic E-state index is -0.419. The van der Waals surface area contributed by atoms with E-state index in [4.69, 9.17) is 28.9 Å². The second-order valence-electron chi connectivity index (χ2n) is 4.76. The third-order valence-electron chi connectivity index (χ3n) is 3.42. The standard InChI is InChI=1S/C15H12Cl2N2O/c16-11-4-2-1-3-9(11)15(18)10-5-8-6-14(20)19-13(8)7-12(10)17/h1-5,7,15H,6,18H2,(H,19,20). The summed E-state index contributed by atoms with van der Waals surface area (Å²) in [6.45, 7) is 0. The molecule has 5 heteroatoms. The van der Waals surface area contributed by atoms with Gasteiger partial charge in [0.2, 0.25) is 5.91 Å². The molecule has 102 valence electrons. The quantitative estimate of drug-likeness (QED) is 0.891. The molecule has 2 aromatic carbocycles. The number of benzene rings is 2. The van der Waals surface area contributed by atoms with Gasteiger partial charge in [-0.25, -0.2) is 0 Å². The monoisotopic (exact) mass is 306 g/mol. The van der Waals surface area contributed by atoms with Gasteiger partial charge >= 0.3 is 0 Å². The fraction of sp³-hybridized carbons (Fsp3) is 0.133. The second-order valence-corrected chi connectivity index (χ2v) is 5.57. The van der Waals surface area contributed by atoms with Crippen molar-refractivity contribution in [3.05, 3.63) is 63.1 Å². The van der Waals surface area contributed by atoms with Crippen molar-refractivity contribution >= 4 is 34.8 Å². The fourth-order valence-corrected chi connectivity index (χ4v) is 2.93. The molecule has 0 bridgehead atoms. The Kier molecular flexibility index (Phi) is 3.42.